The van der Waals surface area contributed by atoms with E-state index in [1.165, 1.54) is 6.42 Å². The maximum Gasteiger partial charge on any atom is 0.389 e. The van der Waals surface area contributed by atoms with Gasteiger partial charge in [0.2, 0.25) is 0 Å². The molecule has 1 rings (SSSR count). The van der Waals surface area contributed by atoms with Crippen LogP contribution < -0.4 is 5.32 Å². The second-order valence-corrected chi connectivity index (χ2v) is 4.84. The third kappa shape index (κ3) is 6.88. The van der Waals surface area contributed by atoms with Crippen molar-refractivity contribution in [1.29, 1.82) is 0 Å². The molecule has 1 heterocycles. The van der Waals surface area contributed by atoms with Crippen molar-refractivity contribution in [3.8, 4) is 0 Å². The summed E-state index contributed by atoms with van der Waals surface area (Å²) in [5, 5.41) is 3.32. The molecule has 0 spiro atoms. The van der Waals surface area contributed by atoms with Gasteiger partial charge in [0.15, 0.2) is 0 Å². The first-order valence-electron chi connectivity index (χ1n) is 6.51. The Balaban J connectivity index is 2.02. The second kappa shape index (κ2) is 7.21. The van der Waals surface area contributed by atoms with Crippen molar-refractivity contribution in [2.24, 2.45) is 5.92 Å². The number of hydrogen-bond acceptors (Lipinski definition) is 2. The van der Waals surface area contributed by atoms with Crippen LogP contribution in [0.5, 0.6) is 0 Å². The molecule has 0 bridgehead atoms. The molecule has 1 fully saturated rings. The van der Waals surface area contributed by atoms with Crippen LogP contribution in [0.2, 0.25) is 0 Å². The molecule has 0 aromatic rings. The van der Waals surface area contributed by atoms with Gasteiger partial charge in [0, 0.05) is 13.0 Å². The van der Waals surface area contributed by atoms with Gasteiger partial charge in [0.25, 0.3) is 0 Å². The van der Waals surface area contributed by atoms with Crippen molar-refractivity contribution in [1.82, 2.24) is 10.2 Å². The van der Waals surface area contributed by atoms with Gasteiger partial charge in [-0.15, -0.1) is 0 Å². The highest BCUT2D eigenvalue weighted by Gasteiger charge is 2.26. The summed E-state index contributed by atoms with van der Waals surface area (Å²) in [6.45, 7) is 7.02. The lowest BCUT2D eigenvalue weighted by molar-refractivity contribution is -0.135. The first-order chi connectivity index (χ1) is 8.01. The lowest BCUT2D eigenvalue weighted by Gasteiger charge is -2.16. The van der Waals surface area contributed by atoms with Crippen molar-refractivity contribution in [2.45, 2.75) is 38.8 Å². The summed E-state index contributed by atoms with van der Waals surface area (Å²) < 4.78 is 35.8. The molecule has 1 unspecified atom stereocenters. The average molecular weight is 252 g/mol. The van der Waals surface area contributed by atoms with Crippen LogP contribution in [0.1, 0.15) is 32.6 Å². The van der Waals surface area contributed by atoms with Gasteiger partial charge in [-0.05, 0) is 51.4 Å². The molecular weight excluding hydrogens is 229 g/mol. The van der Waals surface area contributed by atoms with Gasteiger partial charge in [-0.25, -0.2) is 0 Å². The smallest absolute Gasteiger partial charge is 0.317 e. The van der Waals surface area contributed by atoms with E-state index in [4.69, 9.17) is 0 Å². The van der Waals surface area contributed by atoms with Gasteiger partial charge < -0.3 is 10.2 Å². The Labute approximate surface area is 102 Å². The zero-order valence-electron chi connectivity index (χ0n) is 10.5. The SMILES string of the molecule is CCNCC1CCN(CCCCC(F)(F)F)C1. The molecule has 0 aliphatic carbocycles. The number of hydrogen-bond donors (Lipinski definition) is 1. The van der Waals surface area contributed by atoms with E-state index < -0.39 is 12.6 Å². The second-order valence-electron chi connectivity index (χ2n) is 4.84. The lowest BCUT2D eigenvalue weighted by Crippen LogP contribution is -2.27. The Morgan fingerprint density at radius 3 is 2.71 bits per heavy atom. The van der Waals surface area contributed by atoms with Crippen molar-refractivity contribution in [3.05, 3.63) is 0 Å². The minimum absolute atomic E-state index is 0.262. The predicted octanol–water partition coefficient (Wildman–Crippen LogP) is 2.65. The molecule has 0 saturated carbocycles. The molecule has 1 aliphatic heterocycles. The van der Waals surface area contributed by atoms with E-state index in [1.807, 2.05) is 0 Å². The van der Waals surface area contributed by atoms with Crippen LogP contribution in [-0.2, 0) is 0 Å². The van der Waals surface area contributed by atoms with E-state index in [1.54, 1.807) is 0 Å². The molecular formula is C12H23F3N2. The highest BCUT2D eigenvalue weighted by atomic mass is 19.4. The van der Waals surface area contributed by atoms with E-state index in [-0.39, 0.29) is 6.42 Å². The van der Waals surface area contributed by atoms with Crippen LogP contribution in [0.3, 0.4) is 0 Å². The Bertz CT molecular complexity index is 206. The molecule has 1 saturated heterocycles. The molecule has 1 N–H and O–H groups in total. The molecule has 1 aliphatic rings. The van der Waals surface area contributed by atoms with Crippen LogP contribution in [0, 0.1) is 5.92 Å². The van der Waals surface area contributed by atoms with Gasteiger partial charge in [0.05, 0.1) is 0 Å². The predicted molar refractivity (Wildman–Crippen MR) is 63.0 cm³/mol. The maximum absolute atomic E-state index is 11.9. The van der Waals surface area contributed by atoms with Gasteiger partial charge >= 0.3 is 6.18 Å². The summed E-state index contributed by atoms with van der Waals surface area (Å²) in [5.74, 6) is 0.678. The Kier molecular flexibility index (Phi) is 6.27. The molecule has 102 valence electrons. The average Bonchev–Trinajstić information content (AvgIpc) is 2.68. The fourth-order valence-electron chi connectivity index (χ4n) is 2.29. The Morgan fingerprint density at radius 1 is 1.29 bits per heavy atom. The standard InChI is InChI=1S/C12H23F3N2/c1-2-16-9-11-5-8-17(10-11)7-4-3-6-12(13,14)15/h11,16H,2-10H2,1H3. The van der Waals surface area contributed by atoms with Gasteiger partial charge in [-0.3, -0.25) is 0 Å². The molecule has 0 radical (unpaired) electrons. The first-order valence-corrected chi connectivity index (χ1v) is 6.51. The van der Waals surface area contributed by atoms with E-state index in [2.05, 4.69) is 17.1 Å². The third-order valence-corrected chi connectivity index (χ3v) is 3.24. The number of nitrogens with one attached hydrogen (secondary N) is 1. The summed E-state index contributed by atoms with van der Waals surface area (Å²) in [5.41, 5.74) is 0. The zero-order chi connectivity index (χ0) is 12.7. The summed E-state index contributed by atoms with van der Waals surface area (Å²) in [6, 6.07) is 0. The Hall–Kier alpha value is -0.290. The van der Waals surface area contributed by atoms with Crippen molar-refractivity contribution < 1.29 is 13.2 Å². The van der Waals surface area contributed by atoms with E-state index in [0.717, 1.165) is 32.7 Å². The molecule has 0 aromatic carbocycles. The number of unbranched alkanes of at least 4 members (excludes halogenated alkanes) is 1. The molecule has 0 amide bonds. The minimum atomic E-state index is -3.99. The summed E-state index contributed by atoms with van der Waals surface area (Å²) >= 11 is 0. The number of alkyl halides is 3. The van der Waals surface area contributed by atoms with E-state index >= 15 is 0 Å². The van der Waals surface area contributed by atoms with Crippen molar-refractivity contribution in [2.75, 3.05) is 32.7 Å². The highest BCUT2D eigenvalue weighted by molar-refractivity contribution is 4.76. The summed E-state index contributed by atoms with van der Waals surface area (Å²) in [4.78, 5) is 2.29. The van der Waals surface area contributed by atoms with Crippen LogP contribution in [0.25, 0.3) is 0 Å². The summed E-state index contributed by atoms with van der Waals surface area (Å²) in [7, 11) is 0. The van der Waals surface area contributed by atoms with Crippen LogP contribution in [-0.4, -0.2) is 43.8 Å². The molecule has 1 atom stereocenters. The molecule has 2 nitrogen and oxygen atoms in total. The van der Waals surface area contributed by atoms with Crippen LogP contribution >= 0.6 is 0 Å². The molecule has 0 aromatic heterocycles. The fraction of sp³-hybridized carbons (Fsp3) is 1.00. The number of rotatable bonds is 7. The number of halogens is 3. The largest absolute Gasteiger partial charge is 0.389 e. The number of nitrogens with zero attached hydrogens (tertiary/aromatic N) is 1. The number of likely N-dealkylation sites (tertiary alicyclic amines) is 1. The quantitative estimate of drug-likeness (QED) is 0.701. The maximum atomic E-state index is 11.9. The van der Waals surface area contributed by atoms with Crippen molar-refractivity contribution in [3.63, 3.8) is 0 Å². The van der Waals surface area contributed by atoms with E-state index in [9.17, 15) is 13.2 Å². The van der Waals surface area contributed by atoms with E-state index in [0.29, 0.717) is 12.3 Å². The Morgan fingerprint density at radius 2 is 2.06 bits per heavy atom. The highest BCUT2D eigenvalue weighted by Crippen LogP contribution is 2.23. The zero-order valence-corrected chi connectivity index (χ0v) is 10.5. The van der Waals surface area contributed by atoms with Crippen LogP contribution in [0.15, 0.2) is 0 Å². The normalized spacial score (nSPS) is 22.2. The third-order valence-electron chi connectivity index (χ3n) is 3.24. The van der Waals surface area contributed by atoms with Gasteiger partial charge in [0.1, 0.15) is 0 Å². The lowest BCUT2D eigenvalue weighted by atomic mass is 10.1. The first kappa shape index (κ1) is 14.8. The monoisotopic (exact) mass is 252 g/mol. The van der Waals surface area contributed by atoms with Crippen LogP contribution in [0.4, 0.5) is 13.2 Å². The minimum Gasteiger partial charge on any atom is -0.317 e. The van der Waals surface area contributed by atoms with Crippen molar-refractivity contribution >= 4 is 0 Å². The fourth-order valence-corrected chi connectivity index (χ4v) is 2.29. The van der Waals surface area contributed by atoms with Gasteiger partial charge in [-0.1, -0.05) is 6.92 Å². The van der Waals surface area contributed by atoms with Gasteiger partial charge in [-0.2, -0.15) is 13.2 Å². The molecule has 17 heavy (non-hydrogen) atoms. The molecule has 5 heteroatoms. The summed E-state index contributed by atoms with van der Waals surface area (Å²) in [6.07, 6.45) is -2.53. The topological polar surface area (TPSA) is 15.3 Å².